The van der Waals surface area contributed by atoms with Gasteiger partial charge in [0.15, 0.2) is 0 Å². The summed E-state index contributed by atoms with van der Waals surface area (Å²) in [7, 11) is -0.221. The van der Waals surface area contributed by atoms with Crippen molar-refractivity contribution in [2.75, 3.05) is 0 Å². The molecule has 0 saturated carbocycles. The fraction of sp³-hybridized carbons (Fsp3) is 0.333. The largest absolute Gasteiger partial charge is 0.0771 e. The van der Waals surface area contributed by atoms with Crippen LogP contribution in [0.25, 0.3) is 0 Å². The van der Waals surface area contributed by atoms with Crippen LogP contribution >= 0.6 is 7.92 Å². The van der Waals surface area contributed by atoms with E-state index in [0.29, 0.717) is 11.3 Å². The summed E-state index contributed by atoms with van der Waals surface area (Å²) in [4.78, 5) is 0. The molecule has 0 spiro atoms. The quantitative estimate of drug-likeness (QED) is 0.619. The molecule has 2 aromatic rings. The molecule has 0 saturated heterocycles. The number of allylic oxidation sites excluding steroid dienone is 4. The lowest BCUT2D eigenvalue weighted by molar-refractivity contribution is 0.271. The second kappa shape index (κ2) is 6.93. The van der Waals surface area contributed by atoms with E-state index in [4.69, 9.17) is 0 Å². The Morgan fingerprint density at radius 2 is 1.60 bits per heavy atom. The highest BCUT2D eigenvalue weighted by atomic mass is 31.1. The molecule has 4 rings (SSSR count). The van der Waals surface area contributed by atoms with Crippen molar-refractivity contribution in [3.05, 3.63) is 84.5 Å². The van der Waals surface area contributed by atoms with Crippen LogP contribution in [0.3, 0.4) is 0 Å². The van der Waals surface area contributed by atoms with Gasteiger partial charge in [-0.2, -0.15) is 0 Å². The second-order valence-corrected chi connectivity index (χ2v) is 10.5. The van der Waals surface area contributed by atoms with Crippen LogP contribution in [0.5, 0.6) is 0 Å². The molecule has 0 radical (unpaired) electrons. The van der Waals surface area contributed by atoms with Crippen LogP contribution in [0.15, 0.2) is 78.9 Å². The van der Waals surface area contributed by atoms with Gasteiger partial charge in [-0.25, -0.2) is 0 Å². The highest BCUT2D eigenvalue weighted by molar-refractivity contribution is 7.74. The first-order valence-corrected chi connectivity index (χ1v) is 10.8. The van der Waals surface area contributed by atoms with Crippen molar-refractivity contribution in [3.63, 3.8) is 0 Å². The van der Waals surface area contributed by atoms with E-state index in [9.17, 15) is 0 Å². The van der Waals surface area contributed by atoms with Crippen molar-refractivity contribution in [1.29, 1.82) is 0 Å². The van der Waals surface area contributed by atoms with Crippen molar-refractivity contribution in [2.24, 2.45) is 11.3 Å². The third kappa shape index (κ3) is 3.38. The zero-order valence-electron chi connectivity index (χ0n) is 15.2. The molecule has 25 heavy (non-hydrogen) atoms. The zero-order valence-corrected chi connectivity index (χ0v) is 16.1. The van der Waals surface area contributed by atoms with E-state index in [1.54, 1.807) is 16.2 Å². The van der Waals surface area contributed by atoms with Crippen LogP contribution in [-0.4, -0.2) is 5.66 Å². The van der Waals surface area contributed by atoms with E-state index in [1.165, 1.54) is 19.3 Å². The van der Waals surface area contributed by atoms with E-state index in [2.05, 4.69) is 92.7 Å². The summed E-state index contributed by atoms with van der Waals surface area (Å²) in [5, 5.41) is 3.16. The van der Waals surface area contributed by atoms with Crippen molar-refractivity contribution < 1.29 is 0 Å². The van der Waals surface area contributed by atoms with Crippen molar-refractivity contribution in [3.8, 4) is 0 Å². The summed E-state index contributed by atoms with van der Waals surface area (Å²) in [6.07, 6.45) is 13.0. The first kappa shape index (κ1) is 16.8. The van der Waals surface area contributed by atoms with Crippen LogP contribution in [0, 0.1) is 11.3 Å². The van der Waals surface area contributed by atoms with Gasteiger partial charge in [-0.05, 0) is 54.4 Å². The molecule has 0 nitrogen and oxygen atoms in total. The van der Waals surface area contributed by atoms with Gasteiger partial charge in [0.1, 0.15) is 0 Å². The summed E-state index contributed by atoms with van der Waals surface area (Å²) in [5.74, 6) is 0.597. The smallest absolute Gasteiger partial charge is 0.000400 e. The van der Waals surface area contributed by atoms with E-state index >= 15 is 0 Å². The predicted octanol–water partition coefficient (Wildman–Crippen LogP) is 5.59. The Morgan fingerprint density at radius 3 is 2.36 bits per heavy atom. The Labute approximate surface area is 153 Å². The third-order valence-electron chi connectivity index (χ3n) is 5.88. The van der Waals surface area contributed by atoms with Crippen molar-refractivity contribution in [2.45, 2.75) is 38.8 Å². The monoisotopic (exact) mass is 346 g/mol. The van der Waals surface area contributed by atoms with Crippen LogP contribution < -0.4 is 10.6 Å². The average molecular weight is 346 g/mol. The minimum atomic E-state index is -0.221. The van der Waals surface area contributed by atoms with Crippen molar-refractivity contribution >= 4 is 18.5 Å². The van der Waals surface area contributed by atoms with E-state index < -0.39 is 0 Å². The van der Waals surface area contributed by atoms with Gasteiger partial charge in [0.25, 0.3) is 0 Å². The van der Waals surface area contributed by atoms with Gasteiger partial charge in [0, 0.05) is 5.92 Å². The van der Waals surface area contributed by atoms with E-state index in [-0.39, 0.29) is 7.92 Å². The van der Waals surface area contributed by atoms with E-state index in [1.807, 2.05) is 0 Å². The maximum absolute atomic E-state index is 2.44. The molecule has 2 unspecified atom stereocenters. The lowest BCUT2D eigenvalue weighted by Gasteiger charge is -2.32. The standard InChI is InChI=1S/C24H27P/c1-24(2,20-11-7-8-12-20)17-16-22-18-19-10-6-9-15-23(19)25(22)21-13-4-3-5-14-21/h3-15,20,22H,16-18H2,1-2H3. The fourth-order valence-corrected chi connectivity index (χ4v) is 7.36. The van der Waals surface area contributed by atoms with E-state index in [0.717, 1.165) is 5.66 Å². The van der Waals surface area contributed by atoms with Gasteiger partial charge < -0.3 is 0 Å². The zero-order chi connectivity index (χ0) is 17.3. The Morgan fingerprint density at radius 1 is 0.920 bits per heavy atom. The summed E-state index contributed by atoms with van der Waals surface area (Å²) in [6, 6.07) is 20.4. The molecule has 1 heterocycles. The normalized spacial score (nSPS) is 22.5. The molecule has 0 aromatic heterocycles. The van der Waals surface area contributed by atoms with Gasteiger partial charge >= 0.3 is 0 Å². The number of rotatable bonds is 5. The van der Waals surface area contributed by atoms with Gasteiger partial charge in [-0.3, -0.25) is 0 Å². The molecule has 1 aliphatic carbocycles. The molecular weight excluding hydrogens is 319 g/mol. The average Bonchev–Trinajstić information content (AvgIpc) is 3.29. The molecule has 1 heteroatoms. The number of benzene rings is 2. The molecule has 2 aromatic carbocycles. The summed E-state index contributed by atoms with van der Waals surface area (Å²) in [6.45, 7) is 4.87. The molecule has 0 fully saturated rings. The topological polar surface area (TPSA) is 0 Å². The number of hydrogen-bond donors (Lipinski definition) is 0. The maximum atomic E-state index is 2.44. The van der Waals surface area contributed by atoms with Crippen LogP contribution in [0.2, 0.25) is 0 Å². The van der Waals surface area contributed by atoms with Crippen LogP contribution in [0.1, 0.15) is 32.3 Å². The summed E-state index contributed by atoms with van der Waals surface area (Å²) < 4.78 is 0. The first-order valence-electron chi connectivity index (χ1n) is 9.42. The molecule has 0 bridgehead atoms. The maximum Gasteiger partial charge on any atom is 0.000400 e. The Balaban J connectivity index is 1.56. The molecule has 1 aliphatic heterocycles. The molecule has 128 valence electrons. The number of hydrogen-bond acceptors (Lipinski definition) is 0. The molecule has 0 amide bonds. The van der Waals surface area contributed by atoms with Gasteiger partial charge in [-0.1, -0.05) is 92.7 Å². The SMILES string of the molecule is CC(C)(CCC1Cc2ccccc2P1c1ccccc1)C1C=CC=C1. The fourth-order valence-electron chi connectivity index (χ4n) is 4.29. The Kier molecular flexibility index (Phi) is 4.65. The lowest BCUT2D eigenvalue weighted by Crippen LogP contribution is -2.23. The second-order valence-electron chi connectivity index (χ2n) is 8.02. The Bertz CT molecular complexity index is 773. The Hall–Kier alpha value is -1.65. The highest BCUT2D eigenvalue weighted by Gasteiger charge is 2.35. The van der Waals surface area contributed by atoms with Crippen LogP contribution in [-0.2, 0) is 6.42 Å². The van der Waals surface area contributed by atoms with Gasteiger partial charge in [0.2, 0.25) is 0 Å². The van der Waals surface area contributed by atoms with Crippen molar-refractivity contribution in [1.82, 2.24) is 0 Å². The predicted molar refractivity (Wildman–Crippen MR) is 111 cm³/mol. The minimum absolute atomic E-state index is 0.221. The molecule has 0 N–H and O–H groups in total. The summed E-state index contributed by atoms with van der Waals surface area (Å²) in [5.41, 5.74) is 2.71. The first-order chi connectivity index (χ1) is 12.1. The lowest BCUT2D eigenvalue weighted by atomic mass is 9.75. The van der Waals surface area contributed by atoms with Gasteiger partial charge in [0.05, 0.1) is 0 Å². The van der Waals surface area contributed by atoms with Gasteiger partial charge in [-0.15, -0.1) is 0 Å². The minimum Gasteiger partial charge on any atom is -0.0771 e. The summed E-state index contributed by atoms with van der Waals surface area (Å²) >= 11 is 0. The molecule has 2 atom stereocenters. The molecular formula is C24H27P. The number of fused-ring (bicyclic) bond motifs is 1. The van der Waals surface area contributed by atoms with Crippen LogP contribution in [0.4, 0.5) is 0 Å². The third-order valence-corrected chi connectivity index (χ3v) is 8.86. The molecule has 2 aliphatic rings. The highest BCUT2D eigenvalue weighted by Crippen LogP contribution is 2.50.